The normalized spacial score (nSPS) is 16.0. The minimum atomic E-state index is 0.278. The zero-order valence-corrected chi connectivity index (χ0v) is 11.7. The zero-order chi connectivity index (χ0) is 14.1. The third kappa shape index (κ3) is 2.81. The molecular formula is C17H17NO3. The van der Waals surface area contributed by atoms with Gasteiger partial charge in [0, 0.05) is 24.2 Å². The molecule has 0 unspecified atom stereocenters. The van der Waals surface area contributed by atoms with Gasteiger partial charge in [-0.1, -0.05) is 18.2 Å². The highest BCUT2D eigenvalue weighted by molar-refractivity contribution is 5.48. The molecule has 4 nitrogen and oxygen atoms in total. The van der Waals surface area contributed by atoms with E-state index in [1.807, 2.05) is 36.4 Å². The van der Waals surface area contributed by atoms with Crippen molar-refractivity contribution in [1.29, 1.82) is 0 Å². The Morgan fingerprint density at radius 3 is 2.81 bits per heavy atom. The summed E-state index contributed by atoms with van der Waals surface area (Å²) >= 11 is 0. The van der Waals surface area contributed by atoms with Gasteiger partial charge in [0.05, 0.1) is 0 Å². The fourth-order valence-corrected chi connectivity index (χ4v) is 2.36. The number of rotatable bonds is 5. The van der Waals surface area contributed by atoms with Gasteiger partial charge >= 0.3 is 0 Å². The monoisotopic (exact) mass is 283 g/mol. The fraction of sp³-hybridized carbons (Fsp3) is 0.294. The topological polar surface area (TPSA) is 39.7 Å². The molecule has 4 heteroatoms. The van der Waals surface area contributed by atoms with Crippen molar-refractivity contribution in [3.8, 4) is 23.0 Å². The van der Waals surface area contributed by atoms with Crippen molar-refractivity contribution in [2.75, 3.05) is 6.79 Å². The first-order valence-electron chi connectivity index (χ1n) is 7.27. The van der Waals surface area contributed by atoms with Gasteiger partial charge in [0.2, 0.25) is 6.79 Å². The molecule has 1 saturated carbocycles. The SMILES string of the molecule is c1ccc(Oc2ccc3c(c2)OCO3)c(CNC2CC2)c1. The molecule has 2 aromatic rings. The molecule has 1 N–H and O–H groups in total. The molecule has 0 amide bonds. The first-order valence-corrected chi connectivity index (χ1v) is 7.27. The highest BCUT2D eigenvalue weighted by Gasteiger charge is 2.20. The van der Waals surface area contributed by atoms with Crippen LogP contribution in [-0.4, -0.2) is 12.8 Å². The van der Waals surface area contributed by atoms with E-state index >= 15 is 0 Å². The molecule has 0 saturated heterocycles. The molecule has 1 aliphatic heterocycles. The number of para-hydroxylation sites is 1. The van der Waals surface area contributed by atoms with E-state index in [-0.39, 0.29) is 6.79 Å². The molecule has 2 aromatic carbocycles. The van der Waals surface area contributed by atoms with Gasteiger partial charge in [0.15, 0.2) is 11.5 Å². The predicted molar refractivity (Wildman–Crippen MR) is 78.9 cm³/mol. The van der Waals surface area contributed by atoms with Crippen molar-refractivity contribution in [1.82, 2.24) is 5.32 Å². The van der Waals surface area contributed by atoms with E-state index in [1.165, 1.54) is 18.4 Å². The lowest BCUT2D eigenvalue weighted by molar-refractivity contribution is 0.174. The molecule has 4 rings (SSSR count). The second-order valence-corrected chi connectivity index (χ2v) is 5.38. The van der Waals surface area contributed by atoms with E-state index in [0.717, 1.165) is 29.5 Å². The van der Waals surface area contributed by atoms with Crippen LogP contribution in [0.15, 0.2) is 42.5 Å². The Balaban J connectivity index is 1.53. The highest BCUT2D eigenvalue weighted by Crippen LogP contribution is 2.37. The number of nitrogens with one attached hydrogen (secondary N) is 1. The van der Waals surface area contributed by atoms with Crippen LogP contribution < -0.4 is 19.5 Å². The molecule has 1 heterocycles. The summed E-state index contributed by atoms with van der Waals surface area (Å²) < 4.78 is 16.7. The first kappa shape index (κ1) is 12.5. The number of fused-ring (bicyclic) bond motifs is 1. The Kier molecular flexibility index (Phi) is 3.16. The molecule has 1 fully saturated rings. The standard InChI is InChI=1S/C17H17NO3/c1-2-4-15(12(3-1)10-18-13-5-6-13)21-14-7-8-16-17(9-14)20-11-19-16/h1-4,7-9,13,18H,5-6,10-11H2. The fourth-order valence-electron chi connectivity index (χ4n) is 2.36. The van der Waals surface area contributed by atoms with Gasteiger partial charge < -0.3 is 19.5 Å². The molecule has 1 aliphatic carbocycles. The predicted octanol–water partition coefficient (Wildman–Crippen LogP) is 3.46. The van der Waals surface area contributed by atoms with Gasteiger partial charge in [-0.25, -0.2) is 0 Å². The summed E-state index contributed by atoms with van der Waals surface area (Å²) in [5.41, 5.74) is 1.17. The summed E-state index contributed by atoms with van der Waals surface area (Å²) in [6.45, 7) is 1.12. The average molecular weight is 283 g/mol. The summed E-state index contributed by atoms with van der Waals surface area (Å²) in [5, 5.41) is 3.52. The molecule has 21 heavy (non-hydrogen) atoms. The van der Waals surface area contributed by atoms with Crippen molar-refractivity contribution in [3.05, 3.63) is 48.0 Å². The van der Waals surface area contributed by atoms with Gasteiger partial charge in [-0.3, -0.25) is 0 Å². The van der Waals surface area contributed by atoms with Crippen LogP contribution >= 0.6 is 0 Å². The van der Waals surface area contributed by atoms with Gasteiger partial charge in [-0.2, -0.15) is 0 Å². The quantitative estimate of drug-likeness (QED) is 0.912. The number of hydrogen-bond acceptors (Lipinski definition) is 4. The van der Waals surface area contributed by atoms with Crippen LogP contribution in [0.1, 0.15) is 18.4 Å². The first-order chi connectivity index (χ1) is 10.4. The number of benzene rings is 2. The second kappa shape index (κ2) is 5.30. The molecule has 0 radical (unpaired) electrons. The van der Waals surface area contributed by atoms with Gasteiger partial charge in [0.1, 0.15) is 11.5 Å². The van der Waals surface area contributed by atoms with Gasteiger partial charge in [-0.15, -0.1) is 0 Å². The molecule has 0 atom stereocenters. The lowest BCUT2D eigenvalue weighted by atomic mass is 10.2. The van der Waals surface area contributed by atoms with Crippen LogP contribution in [0.4, 0.5) is 0 Å². The van der Waals surface area contributed by atoms with E-state index in [1.54, 1.807) is 0 Å². The third-order valence-corrected chi connectivity index (χ3v) is 3.70. The van der Waals surface area contributed by atoms with E-state index in [2.05, 4.69) is 11.4 Å². The largest absolute Gasteiger partial charge is 0.457 e. The summed E-state index contributed by atoms with van der Waals surface area (Å²) in [4.78, 5) is 0. The zero-order valence-electron chi connectivity index (χ0n) is 11.7. The van der Waals surface area contributed by atoms with E-state index in [9.17, 15) is 0 Å². The molecule has 108 valence electrons. The smallest absolute Gasteiger partial charge is 0.231 e. The number of ether oxygens (including phenoxy) is 3. The van der Waals surface area contributed by atoms with E-state index < -0.39 is 0 Å². The highest BCUT2D eigenvalue weighted by atomic mass is 16.7. The van der Waals surface area contributed by atoms with Crippen LogP contribution in [-0.2, 0) is 6.54 Å². The second-order valence-electron chi connectivity index (χ2n) is 5.38. The molecule has 0 aromatic heterocycles. The minimum Gasteiger partial charge on any atom is -0.457 e. The Morgan fingerprint density at radius 1 is 1.05 bits per heavy atom. The Hall–Kier alpha value is -2.20. The van der Waals surface area contributed by atoms with Crippen molar-refractivity contribution in [2.24, 2.45) is 0 Å². The lowest BCUT2D eigenvalue weighted by Gasteiger charge is -2.12. The van der Waals surface area contributed by atoms with Gasteiger partial charge in [0.25, 0.3) is 0 Å². The summed E-state index contributed by atoms with van der Waals surface area (Å²) in [6, 6.07) is 14.4. The lowest BCUT2D eigenvalue weighted by Crippen LogP contribution is -2.15. The van der Waals surface area contributed by atoms with Crippen LogP contribution in [0.5, 0.6) is 23.0 Å². The maximum atomic E-state index is 6.01. The summed E-state index contributed by atoms with van der Waals surface area (Å²) in [6.07, 6.45) is 2.57. The van der Waals surface area contributed by atoms with Gasteiger partial charge in [-0.05, 0) is 31.0 Å². The molecular weight excluding hydrogens is 266 g/mol. The average Bonchev–Trinajstić information content (AvgIpc) is 3.22. The van der Waals surface area contributed by atoms with Crippen LogP contribution in [0.2, 0.25) is 0 Å². The Morgan fingerprint density at radius 2 is 1.90 bits per heavy atom. The van der Waals surface area contributed by atoms with Crippen molar-refractivity contribution >= 4 is 0 Å². The molecule has 0 bridgehead atoms. The maximum Gasteiger partial charge on any atom is 0.231 e. The van der Waals surface area contributed by atoms with Crippen LogP contribution in [0.25, 0.3) is 0 Å². The Bertz CT molecular complexity index is 652. The van der Waals surface area contributed by atoms with Crippen LogP contribution in [0, 0.1) is 0 Å². The van der Waals surface area contributed by atoms with E-state index in [0.29, 0.717) is 6.04 Å². The summed E-state index contributed by atoms with van der Waals surface area (Å²) in [5.74, 6) is 3.15. The summed E-state index contributed by atoms with van der Waals surface area (Å²) in [7, 11) is 0. The van der Waals surface area contributed by atoms with Crippen LogP contribution in [0.3, 0.4) is 0 Å². The third-order valence-electron chi connectivity index (χ3n) is 3.70. The van der Waals surface area contributed by atoms with Crippen molar-refractivity contribution < 1.29 is 14.2 Å². The van der Waals surface area contributed by atoms with Crippen molar-refractivity contribution in [3.63, 3.8) is 0 Å². The maximum absolute atomic E-state index is 6.01. The Labute approximate surface area is 123 Å². The molecule has 0 spiro atoms. The van der Waals surface area contributed by atoms with E-state index in [4.69, 9.17) is 14.2 Å². The number of hydrogen-bond donors (Lipinski definition) is 1. The van der Waals surface area contributed by atoms with Crippen molar-refractivity contribution in [2.45, 2.75) is 25.4 Å². The molecule has 2 aliphatic rings. The minimum absolute atomic E-state index is 0.278.